The van der Waals surface area contributed by atoms with Crippen molar-refractivity contribution >= 4 is 23.3 Å². The molecule has 134 valence electrons. The summed E-state index contributed by atoms with van der Waals surface area (Å²) >= 11 is 5.99. The van der Waals surface area contributed by atoms with Gasteiger partial charge >= 0.3 is 0 Å². The van der Waals surface area contributed by atoms with Crippen molar-refractivity contribution in [1.29, 1.82) is 0 Å². The van der Waals surface area contributed by atoms with Gasteiger partial charge in [0.2, 0.25) is 5.91 Å². The number of hydrogen-bond donors (Lipinski definition) is 0. The van der Waals surface area contributed by atoms with E-state index in [0.717, 1.165) is 5.56 Å². The van der Waals surface area contributed by atoms with Crippen LogP contribution in [-0.4, -0.2) is 35.3 Å². The van der Waals surface area contributed by atoms with Crippen LogP contribution in [0.3, 0.4) is 0 Å². The monoisotopic (exact) mass is 369 g/mol. The molecule has 1 saturated heterocycles. The van der Waals surface area contributed by atoms with Crippen LogP contribution in [0.4, 0.5) is 0 Å². The van der Waals surface area contributed by atoms with Gasteiger partial charge in [0, 0.05) is 31.0 Å². The lowest BCUT2D eigenvalue weighted by Crippen LogP contribution is -2.52. The Balaban J connectivity index is 1.42. The molecule has 0 aliphatic carbocycles. The van der Waals surface area contributed by atoms with Crippen LogP contribution in [0.15, 0.2) is 48.5 Å². The predicted octanol–water partition coefficient (Wildman–Crippen LogP) is 3.91. The van der Waals surface area contributed by atoms with Crippen molar-refractivity contribution in [3.63, 3.8) is 0 Å². The molecule has 2 aliphatic heterocycles. The van der Waals surface area contributed by atoms with Crippen LogP contribution >= 0.6 is 11.6 Å². The summed E-state index contributed by atoms with van der Waals surface area (Å²) in [5.74, 6) is 0.799. The summed E-state index contributed by atoms with van der Waals surface area (Å²) in [6.07, 6.45) is 2.10. The first-order chi connectivity index (χ1) is 12.5. The molecular weight excluding hydrogens is 350 g/mol. The van der Waals surface area contributed by atoms with Crippen LogP contribution in [0, 0.1) is 0 Å². The van der Waals surface area contributed by atoms with Crippen LogP contribution < -0.4 is 4.74 Å². The number of Topliss-reactive ketones (excluding diaryl/α,β-unsaturated/α-hetero) is 1. The second-order valence-electron chi connectivity index (χ2n) is 7.07. The van der Waals surface area contributed by atoms with E-state index in [0.29, 0.717) is 55.1 Å². The van der Waals surface area contributed by atoms with Gasteiger partial charge in [-0.2, -0.15) is 0 Å². The van der Waals surface area contributed by atoms with E-state index in [9.17, 15) is 9.59 Å². The Morgan fingerprint density at radius 3 is 2.58 bits per heavy atom. The van der Waals surface area contributed by atoms with E-state index in [1.807, 2.05) is 35.2 Å². The molecule has 0 unspecified atom stereocenters. The minimum absolute atomic E-state index is 0.0674. The standard InChI is InChI=1S/C21H20ClNO3/c22-16-6-7-19-17(13-16)18(24)14-21(26-19)8-10-23(11-9-21)20(25)12-15-4-2-1-3-5-15/h1-7,13H,8-12,14H2. The topological polar surface area (TPSA) is 46.6 Å². The number of halogens is 1. The molecule has 1 spiro atoms. The van der Waals surface area contributed by atoms with Gasteiger partial charge in [0.25, 0.3) is 0 Å². The molecule has 0 atom stereocenters. The van der Waals surface area contributed by atoms with Crippen LogP contribution in [-0.2, 0) is 11.2 Å². The van der Waals surface area contributed by atoms with Crippen molar-refractivity contribution in [2.45, 2.75) is 31.3 Å². The molecule has 0 bridgehead atoms. The number of carbonyl (C=O) groups excluding carboxylic acids is 2. The van der Waals surface area contributed by atoms with E-state index < -0.39 is 5.60 Å². The summed E-state index contributed by atoms with van der Waals surface area (Å²) in [6.45, 7) is 1.23. The van der Waals surface area contributed by atoms with Gasteiger partial charge in [0.15, 0.2) is 5.78 Å². The second kappa shape index (κ2) is 6.76. The number of benzene rings is 2. The van der Waals surface area contributed by atoms with E-state index in [1.54, 1.807) is 18.2 Å². The Hall–Kier alpha value is -2.33. The van der Waals surface area contributed by atoms with Gasteiger partial charge in [0.05, 0.1) is 18.4 Å². The molecule has 4 nitrogen and oxygen atoms in total. The first-order valence-electron chi connectivity index (χ1n) is 8.88. The van der Waals surface area contributed by atoms with Crippen LogP contribution in [0.1, 0.15) is 35.2 Å². The molecule has 1 fully saturated rings. The van der Waals surface area contributed by atoms with Gasteiger partial charge in [-0.25, -0.2) is 0 Å². The molecule has 2 aromatic carbocycles. The number of hydrogen-bond acceptors (Lipinski definition) is 3. The Morgan fingerprint density at radius 2 is 1.85 bits per heavy atom. The minimum Gasteiger partial charge on any atom is -0.486 e. The smallest absolute Gasteiger partial charge is 0.226 e. The van der Waals surface area contributed by atoms with Crippen molar-refractivity contribution in [3.8, 4) is 5.75 Å². The third kappa shape index (κ3) is 3.34. The third-order valence-corrected chi connectivity index (χ3v) is 5.51. The SMILES string of the molecule is O=C1CC2(CCN(C(=O)Cc3ccccc3)CC2)Oc2ccc(Cl)cc21. The Labute approximate surface area is 157 Å². The highest BCUT2D eigenvalue weighted by molar-refractivity contribution is 6.31. The lowest BCUT2D eigenvalue weighted by atomic mass is 9.82. The van der Waals surface area contributed by atoms with Crippen molar-refractivity contribution in [1.82, 2.24) is 4.90 Å². The molecule has 2 heterocycles. The number of rotatable bonds is 2. The summed E-state index contributed by atoms with van der Waals surface area (Å²) in [7, 11) is 0. The van der Waals surface area contributed by atoms with Crippen LogP contribution in [0.2, 0.25) is 5.02 Å². The summed E-state index contributed by atoms with van der Waals surface area (Å²) in [5.41, 5.74) is 1.08. The predicted molar refractivity (Wildman–Crippen MR) is 99.7 cm³/mol. The first kappa shape index (κ1) is 17.1. The zero-order valence-electron chi connectivity index (χ0n) is 14.4. The fourth-order valence-electron chi connectivity index (χ4n) is 3.79. The van der Waals surface area contributed by atoms with Gasteiger partial charge < -0.3 is 9.64 Å². The van der Waals surface area contributed by atoms with Gasteiger partial charge in [-0.05, 0) is 23.8 Å². The number of ether oxygens (including phenoxy) is 1. The highest BCUT2D eigenvalue weighted by Crippen LogP contribution is 2.40. The van der Waals surface area contributed by atoms with Crippen molar-refractivity contribution < 1.29 is 14.3 Å². The van der Waals surface area contributed by atoms with E-state index in [2.05, 4.69) is 0 Å². The number of ketones is 1. The fraction of sp³-hybridized carbons (Fsp3) is 0.333. The molecular formula is C21H20ClNO3. The van der Waals surface area contributed by atoms with Gasteiger partial charge in [-0.3, -0.25) is 9.59 Å². The molecule has 0 radical (unpaired) electrons. The number of amides is 1. The number of fused-ring (bicyclic) bond motifs is 1. The summed E-state index contributed by atoms with van der Waals surface area (Å²) in [6, 6.07) is 14.9. The number of piperidine rings is 1. The zero-order chi connectivity index (χ0) is 18.1. The Kier molecular flexibility index (Phi) is 4.45. The highest BCUT2D eigenvalue weighted by atomic mass is 35.5. The fourth-order valence-corrected chi connectivity index (χ4v) is 3.96. The summed E-state index contributed by atoms with van der Waals surface area (Å²) < 4.78 is 6.21. The van der Waals surface area contributed by atoms with Gasteiger partial charge in [0.1, 0.15) is 11.4 Å². The maximum atomic E-state index is 12.5. The largest absolute Gasteiger partial charge is 0.486 e. The Bertz CT molecular complexity index is 842. The molecule has 0 N–H and O–H groups in total. The summed E-state index contributed by atoms with van der Waals surface area (Å²) in [4.78, 5) is 27.0. The number of nitrogens with zero attached hydrogens (tertiary/aromatic N) is 1. The van der Waals surface area contributed by atoms with Gasteiger partial charge in [-0.15, -0.1) is 0 Å². The van der Waals surface area contributed by atoms with Crippen LogP contribution in [0.5, 0.6) is 5.75 Å². The summed E-state index contributed by atoms with van der Waals surface area (Å²) in [5, 5.41) is 0.540. The second-order valence-corrected chi connectivity index (χ2v) is 7.51. The minimum atomic E-state index is -0.499. The highest BCUT2D eigenvalue weighted by Gasteiger charge is 2.43. The quantitative estimate of drug-likeness (QED) is 0.806. The maximum Gasteiger partial charge on any atom is 0.226 e. The molecule has 0 saturated carbocycles. The normalized spacial score (nSPS) is 18.3. The van der Waals surface area contributed by atoms with E-state index in [4.69, 9.17) is 16.3 Å². The van der Waals surface area contributed by atoms with Gasteiger partial charge in [-0.1, -0.05) is 41.9 Å². The zero-order valence-corrected chi connectivity index (χ0v) is 15.2. The molecule has 0 aromatic heterocycles. The number of carbonyl (C=O) groups is 2. The number of likely N-dealkylation sites (tertiary alicyclic amines) is 1. The van der Waals surface area contributed by atoms with E-state index in [-0.39, 0.29) is 11.7 Å². The molecule has 1 amide bonds. The maximum absolute atomic E-state index is 12.5. The average Bonchev–Trinajstić information content (AvgIpc) is 2.64. The third-order valence-electron chi connectivity index (χ3n) is 5.28. The molecule has 26 heavy (non-hydrogen) atoms. The van der Waals surface area contributed by atoms with Crippen molar-refractivity contribution in [3.05, 3.63) is 64.7 Å². The average molecular weight is 370 g/mol. The molecule has 2 aliphatic rings. The molecule has 4 rings (SSSR count). The Morgan fingerprint density at radius 1 is 1.12 bits per heavy atom. The van der Waals surface area contributed by atoms with Crippen molar-refractivity contribution in [2.24, 2.45) is 0 Å². The van der Waals surface area contributed by atoms with Crippen LogP contribution in [0.25, 0.3) is 0 Å². The lowest BCUT2D eigenvalue weighted by Gasteiger charge is -2.44. The molecule has 5 heteroatoms. The molecule has 2 aromatic rings. The lowest BCUT2D eigenvalue weighted by molar-refractivity contribution is -0.134. The van der Waals surface area contributed by atoms with E-state index in [1.165, 1.54) is 0 Å². The van der Waals surface area contributed by atoms with Crippen molar-refractivity contribution in [2.75, 3.05) is 13.1 Å². The first-order valence-corrected chi connectivity index (χ1v) is 9.26. The van der Waals surface area contributed by atoms with E-state index >= 15 is 0 Å².